The van der Waals surface area contributed by atoms with Crippen molar-refractivity contribution in [3.05, 3.63) is 48.0 Å². The number of hydrogen-bond donors (Lipinski definition) is 1. The number of hydrogen-bond acceptors (Lipinski definition) is 6. The molecule has 0 heterocycles. The minimum absolute atomic E-state index is 0.193. The zero-order chi connectivity index (χ0) is 19.5. The van der Waals surface area contributed by atoms with Gasteiger partial charge in [-0.2, -0.15) is 0 Å². The van der Waals surface area contributed by atoms with Gasteiger partial charge in [0.1, 0.15) is 24.4 Å². The number of carbonyl (C=O) groups excluding carboxylic acids is 2. The highest BCUT2D eigenvalue weighted by Gasteiger charge is 2.08. The molecule has 0 unspecified atom stereocenters. The molecule has 0 spiro atoms. The standard InChI is InChI=1S/C20H23NO6/c1-3-25-16-5-7-17(8-6-16)26-11-10-21-20(23)14-27-19-12-15(13-22)4-9-18(19)24-2/h4-9,12-13H,3,10-11,14H2,1-2H3,(H,21,23). The summed E-state index contributed by atoms with van der Waals surface area (Å²) in [6.45, 7) is 3.00. The van der Waals surface area contributed by atoms with E-state index in [9.17, 15) is 9.59 Å². The number of ether oxygens (including phenoxy) is 4. The lowest BCUT2D eigenvalue weighted by molar-refractivity contribution is -0.123. The Morgan fingerprint density at radius 1 is 1.00 bits per heavy atom. The van der Waals surface area contributed by atoms with Gasteiger partial charge in [-0.1, -0.05) is 0 Å². The normalized spacial score (nSPS) is 10.0. The first-order chi connectivity index (χ1) is 13.2. The fraction of sp³-hybridized carbons (Fsp3) is 0.300. The highest BCUT2D eigenvalue weighted by atomic mass is 16.5. The van der Waals surface area contributed by atoms with Gasteiger partial charge in [0.15, 0.2) is 18.1 Å². The fourth-order valence-corrected chi connectivity index (χ4v) is 2.23. The van der Waals surface area contributed by atoms with E-state index in [1.807, 2.05) is 31.2 Å². The SMILES string of the molecule is CCOc1ccc(OCCNC(=O)COc2cc(C=O)ccc2OC)cc1. The van der Waals surface area contributed by atoms with Crippen molar-refractivity contribution in [2.24, 2.45) is 0 Å². The average Bonchev–Trinajstić information content (AvgIpc) is 2.70. The van der Waals surface area contributed by atoms with Crippen LogP contribution in [0.4, 0.5) is 0 Å². The van der Waals surface area contributed by atoms with E-state index in [-0.39, 0.29) is 12.5 Å². The quantitative estimate of drug-likeness (QED) is 0.481. The van der Waals surface area contributed by atoms with Crippen molar-refractivity contribution in [1.82, 2.24) is 5.32 Å². The van der Waals surface area contributed by atoms with Crippen LogP contribution in [-0.2, 0) is 4.79 Å². The molecule has 27 heavy (non-hydrogen) atoms. The molecule has 0 radical (unpaired) electrons. The van der Waals surface area contributed by atoms with E-state index in [1.54, 1.807) is 12.1 Å². The van der Waals surface area contributed by atoms with Crippen molar-refractivity contribution in [1.29, 1.82) is 0 Å². The maximum atomic E-state index is 11.9. The van der Waals surface area contributed by atoms with Crippen LogP contribution in [-0.4, -0.2) is 45.7 Å². The molecule has 0 aliphatic rings. The molecule has 0 fully saturated rings. The monoisotopic (exact) mass is 373 g/mol. The molecule has 0 atom stereocenters. The smallest absolute Gasteiger partial charge is 0.258 e. The zero-order valence-corrected chi connectivity index (χ0v) is 15.4. The van der Waals surface area contributed by atoms with Crippen molar-refractivity contribution < 1.29 is 28.5 Å². The van der Waals surface area contributed by atoms with Crippen LogP contribution in [0.1, 0.15) is 17.3 Å². The Kier molecular flexibility index (Phi) is 7.96. The lowest BCUT2D eigenvalue weighted by atomic mass is 10.2. The largest absolute Gasteiger partial charge is 0.494 e. The highest BCUT2D eigenvalue weighted by molar-refractivity contribution is 5.78. The van der Waals surface area contributed by atoms with E-state index in [1.165, 1.54) is 13.2 Å². The van der Waals surface area contributed by atoms with Crippen LogP contribution in [0.3, 0.4) is 0 Å². The highest BCUT2D eigenvalue weighted by Crippen LogP contribution is 2.27. The molecule has 2 aromatic carbocycles. The summed E-state index contributed by atoms with van der Waals surface area (Å²) >= 11 is 0. The van der Waals surface area contributed by atoms with Gasteiger partial charge in [0, 0.05) is 5.56 Å². The lowest BCUT2D eigenvalue weighted by Gasteiger charge is -2.12. The molecule has 144 valence electrons. The Labute approximate surface area is 158 Å². The Morgan fingerprint density at radius 2 is 1.70 bits per heavy atom. The van der Waals surface area contributed by atoms with E-state index in [4.69, 9.17) is 18.9 Å². The molecule has 7 nitrogen and oxygen atoms in total. The first-order valence-electron chi connectivity index (χ1n) is 8.54. The summed E-state index contributed by atoms with van der Waals surface area (Å²) in [5.41, 5.74) is 0.440. The summed E-state index contributed by atoms with van der Waals surface area (Å²) in [7, 11) is 1.49. The van der Waals surface area contributed by atoms with Gasteiger partial charge in [0.05, 0.1) is 20.3 Å². The molecule has 0 aliphatic heterocycles. The number of benzene rings is 2. The van der Waals surface area contributed by atoms with Gasteiger partial charge < -0.3 is 24.3 Å². The van der Waals surface area contributed by atoms with Crippen molar-refractivity contribution in [3.63, 3.8) is 0 Å². The van der Waals surface area contributed by atoms with Gasteiger partial charge in [-0.3, -0.25) is 9.59 Å². The van der Waals surface area contributed by atoms with E-state index >= 15 is 0 Å². The molecular formula is C20H23NO6. The number of methoxy groups -OCH3 is 1. The van der Waals surface area contributed by atoms with Gasteiger partial charge in [-0.15, -0.1) is 0 Å². The summed E-state index contributed by atoms with van der Waals surface area (Å²) in [4.78, 5) is 22.7. The first-order valence-corrected chi connectivity index (χ1v) is 8.54. The molecule has 2 aromatic rings. The van der Waals surface area contributed by atoms with E-state index in [0.29, 0.717) is 48.9 Å². The van der Waals surface area contributed by atoms with E-state index in [0.717, 1.165) is 5.75 Å². The van der Waals surface area contributed by atoms with Gasteiger partial charge in [0.2, 0.25) is 0 Å². The molecular weight excluding hydrogens is 350 g/mol. The predicted molar refractivity (Wildman–Crippen MR) is 100.0 cm³/mol. The van der Waals surface area contributed by atoms with Gasteiger partial charge in [-0.25, -0.2) is 0 Å². The number of nitrogens with one attached hydrogen (secondary N) is 1. The second-order valence-electron chi connectivity index (χ2n) is 5.42. The van der Waals surface area contributed by atoms with Gasteiger partial charge >= 0.3 is 0 Å². The lowest BCUT2D eigenvalue weighted by Crippen LogP contribution is -2.32. The van der Waals surface area contributed by atoms with Crippen LogP contribution in [0.25, 0.3) is 0 Å². The van der Waals surface area contributed by atoms with Crippen LogP contribution in [0, 0.1) is 0 Å². The molecule has 7 heteroatoms. The Hall–Kier alpha value is -3.22. The summed E-state index contributed by atoms with van der Waals surface area (Å²) in [6.07, 6.45) is 0.699. The third-order valence-electron chi connectivity index (χ3n) is 3.51. The summed E-state index contributed by atoms with van der Waals surface area (Å²) < 4.78 is 21.5. The predicted octanol–water partition coefficient (Wildman–Crippen LogP) is 2.48. The van der Waals surface area contributed by atoms with Crippen LogP contribution >= 0.6 is 0 Å². The average molecular weight is 373 g/mol. The van der Waals surface area contributed by atoms with Gasteiger partial charge in [-0.05, 0) is 49.4 Å². The maximum absolute atomic E-state index is 11.9. The summed E-state index contributed by atoms with van der Waals surface area (Å²) in [5.74, 6) is 1.96. The number of amides is 1. The third kappa shape index (κ3) is 6.54. The number of aldehydes is 1. The maximum Gasteiger partial charge on any atom is 0.258 e. The van der Waals surface area contributed by atoms with Crippen LogP contribution in [0.2, 0.25) is 0 Å². The van der Waals surface area contributed by atoms with Crippen molar-refractivity contribution in [2.45, 2.75) is 6.92 Å². The van der Waals surface area contributed by atoms with Crippen molar-refractivity contribution >= 4 is 12.2 Å². The minimum atomic E-state index is -0.302. The van der Waals surface area contributed by atoms with Crippen LogP contribution < -0.4 is 24.3 Å². The fourth-order valence-electron chi connectivity index (χ4n) is 2.23. The Morgan fingerprint density at radius 3 is 2.33 bits per heavy atom. The van der Waals surface area contributed by atoms with E-state index in [2.05, 4.69) is 5.32 Å². The van der Waals surface area contributed by atoms with Gasteiger partial charge in [0.25, 0.3) is 5.91 Å². The Balaban J connectivity index is 1.71. The molecule has 1 N–H and O–H groups in total. The summed E-state index contributed by atoms with van der Waals surface area (Å²) in [6, 6.07) is 12.0. The van der Waals surface area contributed by atoms with E-state index < -0.39 is 0 Å². The van der Waals surface area contributed by atoms with Crippen LogP contribution in [0.5, 0.6) is 23.0 Å². The number of carbonyl (C=O) groups is 2. The van der Waals surface area contributed by atoms with Crippen molar-refractivity contribution in [3.8, 4) is 23.0 Å². The minimum Gasteiger partial charge on any atom is -0.494 e. The molecule has 0 saturated carbocycles. The topological polar surface area (TPSA) is 83.1 Å². The molecule has 0 aliphatic carbocycles. The molecule has 0 bridgehead atoms. The van der Waals surface area contributed by atoms with Crippen molar-refractivity contribution in [2.75, 3.05) is 33.5 Å². The zero-order valence-electron chi connectivity index (χ0n) is 15.4. The molecule has 1 amide bonds. The second kappa shape index (κ2) is 10.7. The first kappa shape index (κ1) is 20.1. The molecule has 0 saturated heterocycles. The van der Waals surface area contributed by atoms with Crippen LogP contribution in [0.15, 0.2) is 42.5 Å². The molecule has 0 aromatic heterocycles. The number of rotatable bonds is 11. The Bertz CT molecular complexity index is 745. The second-order valence-corrected chi connectivity index (χ2v) is 5.42. The summed E-state index contributed by atoms with van der Waals surface area (Å²) in [5, 5.41) is 2.70. The third-order valence-corrected chi connectivity index (χ3v) is 3.51. The molecule has 2 rings (SSSR count).